The van der Waals surface area contributed by atoms with Gasteiger partial charge in [-0.15, -0.1) is 0 Å². The maximum atomic E-state index is 13.9. The molecular weight excluding hydrogens is 398 g/mol. The monoisotopic (exact) mass is 423 g/mol. The van der Waals surface area contributed by atoms with E-state index in [0.29, 0.717) is 18.0 Å². The summed E-state index contributed by atoms with van der Waals surface area (Å²) in [7, 11) is 0. The van der Waals surface area contributed by atoms with Crippen molar-refractivity contribution in [2.24, 2.45) is 11.8 Å². The highest BCUT2D eigenvalue weighted by Crippen LogP contribution is 2.51. The predicted octanol–water partition coefficient (Wildman–Crippen LogP) is 5.33. The van der Waals surface area contributed by atoms with Crippen molar-refractivity contribution < 1.29 is 14.3 Å². The molecule has 0 bridgehead atoms. The Morgan fingerprint density at radius 1 is 0.688 bits per heavy atom. The van der Waals surface area contributed by atoms with E-state index in [1.165, 1.54) is 4.90 Å². The minimum absolute atomic E-state index is 0.151. The summed E-state index contributed by atoms with van der Waals surface area (Å²) in [5.74, 6) is -0.998. The van der Waals surface area contributed by atoms with Crippen LogP contribution in [0.4, 0.5) is 5.69 Å². The van der Waals surface area contributed by atoms with Gasteiger partial charge in [0.2, 0.25) is 11.8 Å². The number of para-hydroxylation sites is 2. The van der Waals surface area contributed by atoms with E-state index < -0.39 is 11.8 Å². The summed E-state index contributed by atoms with van der Waals surface area (Å²) in [6.07, 6.45) is 4.22. The Morgan fingerprint density at radius 3 is 1.66 bits per heavy atom. The summed E-state index contributed by atoms with van der Waals surface area (Å²) in [6.45, 7) is 2.35. The maximum Gasteiger partial charge on any atom is 0.238 e. The van der Waals surface area contributed by atoms with Crippen LogP contribution in [-0.4, -0.2) is 18.4 Å². The topological polar surface area (TPSA) is 46.6 Å². The van der Waals surface area contributed by atoms with Crippen molar-refractivity contribution in [2.45, 2.75) is 18.8 Å². The molecule has 2 amide bonds. The number of ether oxygens (including phenoxy) is 1. The van der Waals surface area contributed by atoms with Gasteiger partial charge >= 0.3 is 0 Å². The molecule has 0 spiro atoms. The van der Waals surface area contributed by atoms with Gasteiger partial charge in [-0.05, 0) is 30.2 Å². The van der Waals surface area contributed by atoms with Crippen LogP contribution in [0.5, 0.6) is 5.75 Å². The average molecular weight is 424 g/mol. The molecule has 0 N–H and O–H groups in total. The Morgan fingerprint density at radius 2 is 1.16 bits per heavy atom. The van der Waals surface area contributed by atoms with Crippen molar-refractivity contribution in [3.63, 3.8) is 0 Å². The SMILES string of the molecule is CCOc1ccccc1N1C(=O)[C@@H]2[C@H](C1=O)[C@H](c1ccccc1)C=C[C@H]2c1ccccc1. The second-order valence-electron chi connectivity index (χ2n) is 8.22. The number of imide groups is 1. The minimum atomic E-state index is -0.463. The number of allylic oxidation sites excluding steroid dienone is 2. The fourth-order valence-corrected chi connectivity index (χ4v) is 5.09. The van der Waals surface area contributed by atoms with Gasteiger partial charge in [-0.2, -0.15) is 0 Å². The first-order chi connectivity index (χ1) is 15.7. The van der Waals surface area contributed by atoms with Crippen LogP contribution in [-0.2, 0) is 9.59 Å². The molecule has 4 atom stereocenters. The largest absolute Gasteiger partial charge is 0.492 e. The normalized spacial score (nSPS) is 24.5. The lowest BCUT2D eigenvalue weighted by molar-refractivity contribution is -0.122. The van der Waals surface area contributed by atoms with Crippen LogP contribution in [0.25, 0.3) is 0 Å². The molecule has 1 heterocycles. The van der Waals surface area contributed by atoms with Crippen LogP contribution >= 0.6 is 0 Å². The Labute approximate surface area is 188 Å². The fourth-order valence-electron chi connectivity index (χ4n) is 5.09. The zero-order chi connectivity index (χ0) is 22.1. The van der Waals surface area contributed by atoms with Gasteiger partial charge in [0.1, 0.15) is 5.75 Å². The van der Waals surface area contributed by atoms with E-state index in [1.807, 2.05) is 85.8 Å². The average Bonchev–Trinajstić information content (AvgIpc) is 3.11. The van der Waals surface area contributed by atoms with Crippen molar-refractivity contribution in [2.75, 3.05) is 11.5 Å². The second kappa shape index (κ2) is 8.46. The van der Waals surface area contributed by atoms with Crippen LogP contribution in [0.15, 0.2) is 97.1 Å². The number of rotatable bonds is 5. The molecule has 3 aromatic rings. The molecule has 4 heteroatoms. The first-order valence-corrected chi connectivity index (χ1v) is 11.1. The molecule has 5 rings (SSSR count). The van der Waals surface area contributed by atoms with Crippen molar-refractivity contribution in [1.29, 1.82) is 0 Å². The van der Waals surface area contributed by atoms with Gasteiger partial charge in [0.05, 0.1) is 24.1 Å². The van der Waals surface area contributed by atoms with Crippen molar-refractivity contribution in [1.82, 2.24) is 0 Å². The van der Waals surface area contributed by atoms with Gasteiger partial charge in [-0.3, -0.25) is 9.59 Å². The maximum absolute atomic E-state index is 13.9. The summed E-state index contributed by atoms with van der Waals surface area (Å²) in [4.78, 5) is 29.1. The van der Waals surface area contributed by atoms with Gasteiger partial charge in [-0.25, -0.2) is 4.90 Å². The van der Waals surface area contributed by atoms with Gasteiger partial charge < -0.3 is 4.74 Å². The summed E-state index contributed by atoms with van der Waals surface area (Å²) < 4.78 is 5.76. The molecule has 160 valence electrons. The van der Waals surface area contributed by atoms with Crippen LogP contribution in [0, 0.1) is 11.8 Å². The van der Waals surface area contributed by atoms with Crippen LogP contribution in [0.2, 0.25) is 0 Å². The van der Waals surface area contributed by atoms with E-state index in [4.69, 9.17) is 4.74 Å². The molecule has 0 unspecified atom stereocenters. The lowest BCUT2D eigenvalue weighted by Gasteiger charge is -2.32. The summed E-state index contributed by atoms with van der Waals surface area (Å²) in [5.41, 5.74) is 2.62. The molecule has 3 aromatic carbocycles. The molecule has 0 aromatic heterocycles. The van der Waals surface area contributed by atoms with Crippen molar-refractivity contribution in [3.8, 4) is 5.75 Å². The fraction of sp³-hybridized carbons (Fsp3) is 0.214. The number of benzene rings is 3. The Balaban J connectivity index is 1.63. The van der Waals surface area contributed by atoms with E-state index in [1.54, 1.807) is 6.07 Å². The molecule has 1 saturated heterocycles. The minimum Gasteiger partial charge on any atom is -0.492 e. The van der Waals surface area contributed by atoms with Gasteiger partial charge in [0.25, 0.3) is 0 Å². The molecule has 2 aliphatic rings. The zero-order valence-corrected chi connectivity index (χ0v) is 17.9. The quantitative estimate of drug-likeness (QED) is 0.412. The van der Waals surface area contributed by atoms with E-state index in [-0.39, 0.29) is 23.7 Å². The van der Waals surface area contributed by atoms with Crippen LogP contribution in [0.3, 0.4) is 0 Å². The third-order valence-corrected chi connectivity index (χ3v) is 6.47. The first-order valence-electron chi connectivity index (χ1n) is 11.1. The van der Waals surface area contributed by atoms with Gasteiger partial charge in [0, 0.05) is 11.8 Å². The highest BCUT2D eigenvalue weighted by Gasteiger charge is 2.55. The number of nitrogens with zero attached hydrogens (tertiary/aromatic N) is 1. The number of anilines is 1. The number of carbonyl (C=O) groups excluding carboxylic acids is 2. The summed E-state index contributed by atoms with van der Waals surface area (Å²) in [5, 5.41) is 0. The van der Waals surface area contributed by atoms with E-state index in [9.17, 15) is 9.59 Å². The molecule has 1 fully saturated rings. The summed E-state index contributed by atoms with van der Waals surface area (Å²) >= 11 is 0. The zero-order valence-electron chi connectivity index (χ0n) is 17.9. The van der Waals surface area contributed by atoms with E-state index in [2.05, 4.69) is 12.2 Å². The number of carbonyl (C=O) groups is 2. The Kier molecular flexibility index (Phi) is 5.36. The van der Waals surface area contributed by atoms with Crippen LogP contribution in [0.1, 0.15) is 29.9 Å². The summed E-state index contributed by atoms with van der Waals surface area (Å²) in [6, 6.07) is 27.3. The van der Waals surface area contributed by atoms with Gasteiger partial charge in [-0.1, -0.05) is 84.9 Å². The highest BCUT2D eigenvalue weighted by molar-refractivity contribution is 6.23. The highest BCUT2D eigenvalue weighted by atomic mass is 16.5. The Hall–Kier alpha value is -3.66. The molecule has 0 radical (unpaired) electrons. The Bertz CT molecular complexity index is 1090. The molecule has 1 aliphatic carbocycles. The third-order valence-electron chi connectivity index (χ3n) is 6.47. The van der Waals surface area contributed by atoms with Crippen LogP contribution < -0.4 is 9.64 Å². The van der Waals surface area contributed by atoms with Crippen molar-refractivity contribution in [3.05, 3.63) is 108 Å². The molecule has 4 nitrogen and oxygen atoms in total. The lowest BCUT2D eigenvalue weighted by atomic mass is 9.68. The number of hydrogen-bond donors (Lipinski definition) is 0. The number of fused-ring (bicyclic) bond motifs is 1. The smallest absolute Gasteiger partial charge is 0.238 e. The molecule has 1 aliphatic heterocycles. The number of hydrogen-bond acceptors (Lipinski definition) is 3. The second-order valence-corrected chi connectivity index (χ2v) is 8.22. The van der Waals surface area contributed by atoms with Crippen molar-refractivity contribution >= 4 is 17.5 Å². The molecular formula is C28H25NO3. The third kappa shape index (κ3) is 3.32. The van der Waals surface area contributed by atoms with E-state index in [0.717, 1.165) is 11.1 Å². The lowest BCUT2D eigenvalue weighted by Crippen LogP contribution is -2.32. The predicted molar refractivity (Wildman–Crippen MR) is 125 cm³/mol. The first kappa shape index (κ1) is 20.3. The standard InChI is InChI=1S/C28H25NO3/c1-2-32-24-16-10-9-15-23(24)29-27(30)25-21(19-11-5-3-6-12-19)17-18-22(26(25)28(29)31)20-13-7-4-8-14-20/h3-18,21-22,25-26H,2H2,1H3/t21-,22-,25-,26+/m0/s1. The number of amides is 2. The van der Waals surface area contributed by atoms with Gasteiger partial charge in [0.15, 0.2) is 0 Å². The molecule has 32 heavy (non-hydrogen) atoms. The van der Waals surface area contributed by atoms with E-state index >= 15 is 0 Å². The molecule has 0 saturated carbocycles.